The number of esters is 2. The molecule has 0 aromatic rings. The number of hydrogen-bond acceptors (Lipinski definition) is 7. The summed E-state index contributed by atoms with van der Waals surface area (Å²) in [6.07, 6.45) is 126. The molecule has 0 aliphatic rings. The number of hydrogen-bond donors (Lipinski definition) is 1. The van der Waals surface area contributed by atoms with Crippen molar-refractivity contribution in [1.29, 1.82) is 0 Å². The maximum Gasteiger partial charge on any atom is 0.472 e. The first-order valence-corrected chi connectivity index (χ1v) is 40.3. The highest BCUT2D eigenvalue weighted by molar-refractivity contribution is 7.47. The minimum absolute atomic E-state index is 0.0140. The van der Waals surface area contributed by atoms with Crippen LogP contribution in [0.15, 0.2) is 243 Å². The van der Waals surface area contributed by atoms with Gasteiger partial charge in [0.2, 0.25) is 0 Å². The summed E-state index contributed by atoms with van der Waals surface area (Å²) < 4.78 is 34.7. The van der Waals surface area contributed by atoms with Crippen LogP contribution in [0.2, 0.25) is 0 Å². The Kier molecular flexibility index (Phi) is 72.2. The lowest BCUT2D eigenvalue weighted by Gasteiger charge is -2.24. The predicted octanol–water partition coefficient (Wildman–Crippen LogP) is 26.3. The maximum atomic E-state index is 12.9. The normalized spacial score (nSPS) is 14.4. The Morgan fingerprint density at radius 2 is 0.540 bits per heavy atom. The molecular formula is C90H141NO8P+. The van der Waals surface area contributed by atoms with Crippen molar-refractivity contribution in [2.45, 2.75) is 264 Å². The van der Waals surface area contributed by atoms with Gasteiger partial charge < -0.3 is 18.9 Å². The average Bonchev–Trinajstić information content (AvgIpc) is 1.30. The lowest BCUT2D eigenvalue weighted by atomic mass is 10.1. The summed E-state index contributed by atoms with van der Waals surface area (Å²) in [5, 5.41) is 0. The van der Waals surface area contributed by atoms with Crippen molar-refractivity contribution in [1.82, 2.24) is 0 Å². The molecule has 0 saturated carbocycles. The zero-order valence-electron chi connectivity index (χ0n) is 63.6. The number of phosphoric acid groups is 1. The number of ether oxygens (including phenoxy) is 2. The second-order valence-electron chi connectivity index (χ2n) is 25.9. The molecule has 0 fully saturated rings. The molecule has 2 atom stereocenters. The van der Waals surface area contributed by atoms with Crippen molar-refractivity contribution in [3.05, 3.63) is 243 Å². The highest BCUT2D eigenvalue weighted by atomic mass is 31.2. The molecule has 2 unspecified atom stereocenters. The first-order chi connectivity index (χ1) is 49.0. The number of nitrogens with zero attached hydrogens (tertiary/aromatic N) is 1. The van der Waals surface area contributed by atoms with Crippen LogP contribution in [0.25, 0.3) is 0 Å². The van der Waals surface area contributed by atoms with Gasteiger partial charge >= 0.3 is 19.8 Å². The Morgan fingerprint density at radius 3 is 0.800 bits per heavy atom. The van der Waals surface area contributed by atoms with Gasteiger partial charge in [-0.15, -0.1) is 0 Å². The molecule has 0 rings (SSSR count). The van der Waals surface area contributed by atoms with E-state index in [1.54, 1.807) is 0 Å². The zero-order chi connectivity index (χ0) is 72.5. The van der Waals surface area contributed by atoms with Crippen molar-refractivity contribution < 1.29 is 42.1 Å². The molecule has 0 aliphatic heterocycles. The van der Waals surface area contributed by atoms with Gasteiger partial charge in [-0.05, 0) is 167 Å². The summed E-state index contributed by atoms with van der Waals surface area (Å²) in [5.41, 5.74) is 0. The molecule has 0 aromatic carbocycles. The van der Waals surface area contributed by atoms with Gasteiger partial charge in [0.25, 0.3) is 0 Å². The molecule has 0 aliphatic carbocycles. The Morgan fingerprint density at radius 1 is 0.310 bits per heavy atom. The smallest absolute Gasteiger partial charge is 0.462 e. The molecular weight excluding hydrogens is 1250 g/mol. The number of phosphoric ester groups is 1. The molecule has 0 saturated heterocycles. The van der Waals surface area contributed by atoms with Gasteiger partial charge in [0.05, 0.1) is 27.7 Å². The van der Waals surface area contributed by atoms with E-state index in [1.165, 1.54) is 32.1 Å². The SMILES string of the molecule is CC/C=C\C/C=C\C/C=C\C/C=C\C/C=C\C/C=C\C/C=C\C/C=C\C/C=C\C/C=C\C/C=C\CCCCCCCCCC(=O)OC(COC(=O)CCCCCCCCC/C=C\C/C=C\C/C=C\C/C=C\C/C=C\C/C=C\C/C=C\C/C=C\C/C=C\CC)COP(=O)(O)OCC[N+](C)(C)C. The quantitative estimate of drug-likeness (QED) is 0.0211. The number of likely N-dealkylation sites (N-methyl/N-ethyl adjacent to an activating group) is 1. The van der Waals surface area contributed by atoms with Crippen LogP contribution in [0.4, 0.5) is 0 Å². The van der Waals surface area contributed by atoms with Gasteiger partial charge in [0.15, 0.2) is 6.10 Å². The van der Waals surface area contributed by atoms with E-state index in [1.807, 2.05) is 21.1 Å². The number of allylic oxidation sites excluding steroid dienone is 40. The molecule has 0 radical (unpaired) electrons. The van der Waals surface area contributed by atoms with Gasteiger partial charge in [0, 0.05) is 12.8 Å². The number of carbonyl (C=O) groups is 2. The third-order valence-electron chi connectivity index (χ3n) is 15.4. The standard InChI is InChI=1S/C90H140NO8P/c1-6-8-10-12-14-16-18-20-22-24-26-28-30-32-34-36-38-40-42-43-44-45-46-47-49-51-53-55-57-59-61-63-65-67-69-71-73-75-77-79-81-83-90(93)99-88(87-98-100(94,95)97-85-84-91(3,4)5)86-96-89(92)82-80-78-76-74-72-70-68-66-64-62-60-58-56-54-52-50-48-41-39-37-35-33-31-29-27-25-23-21-19-17-15-13-11-9-7-2/h8-11,14-17,20-23,26-29,32-35,38-41,43-44,46-47,50-53,56-59,62-65,88H,6-7,12-13,18-19,24-25,30-31,36-37,42,45,48-49,54-55,60-61,66-87H2,1-5H3/p+1/b10-8-,11-9-,16-14-,17-15-,22-20-,23-21-,28-26-,29-27-,34-32-,35-33-,40-38-,41-39-,44-43-,47-46-,52-50-,53-51-,58-56-,59-57-,64-62-,65-63-. The van der Waals surface area contributed by atoms with Crippen LogP contribution in [-0.2, 0) is 32.7 Å². The van der Waals surface area contributed by atoms with Crippen molar-refractivity contribution >= 4 is 19.8 Å². The number of carbonyl (C=O) groups excluding carboxylic acids is 2. The van der Waals surface area contributed by atoms with Crippen LogP contribution in [0.5, 0.6) is 0 Å². The Balaban J connectivity index is 4.17. The lowest BCUT2D eigenvalue weighted by molar-refractivity contribution is -0.870. The molecule has 558 valence electrons. The van der Waals surface area contributed by atoms with Crippen molar-refractivity contribution in [3.8, 4) is 0 Å². The Labute approximate surface area is 613 Å². The number of quaternary nitrogens is 1. The monoisotopic (exact) mass is 1400 g/mol. The minimum atomic E-state index is -4.42. The topological polar surface area (TPSA) is 108 Å². The van der Waals surface area contributed by atoms with E-state index in [0.717, 1.165) is 186 Å². The van der Waals surface area contributed by atoms with Crippen molar-refractivity contribution in [3.63, 3.8) is 0 Å². The van der Waals surface area contributed by atoms with E-state index < -0.39 is 32.5 Å². The first-order valence-electron chi connectivity index (χ1n) is 38.8. The Hall–Kier alpha value is -6.19. The van der Waals surface area contributed by atoms with Crippen LogP contribution in [0.3, 0.4) is 0 Å². The second kappa shape index (κ2) is 77.0. The van der Waals surface area contributed by atoms with E-state index in [0.29, 0.717) is 23.9 Å². The van der Waals surface area contributed by atoms with Crippen molar-refractivity contribution in [2.24, 2.45) is 0 Å². The molecule has 0 bridgehead atoms. The molecule has 1 N–H and O–H groups in total. The fraction of sp³-hybridized carbons (Fsp3) is 0.533. The largest absolute Gasteiger partial charge is 0.472 e. The number of unbranched alkanes of at least 4 members (excludes halogenated alkanes) is 14. The van der Waals surface area contributed by atoms with E-state index in [9.17, 15) is 19.0 Å². The summed E-state index contributed by atoms with van der Waals surface area (Å²) in [6, 6.07) is 0. The van der Waals surface area contributed by atoms with E-state index in [-0.39, 0.29) is 26.1 Å². The third kappa shape index (κ3) is 80.8. The third-order valence-corrected chi connectivity index (χ3v) is 16.4. The molecule has 10 heteroatoms. The maximum absolute atomic E-state index is 12.9. The van der Waals surface area contributed by atoms with Crippen molar-refractivity contribution in [2.75, 3.05) is 47.5 Å². The molecule has 0 aromatic heterocycles. The van der Waals surface area contributed by atoms with Gasteiger partial charge in [-0.3, -0.25) is 18.6 Å². The second-order valence-corrected chi connectivity index (χ2v) is 27.4. The van der Waals surface area contributed by atoms with Crippen LogP contribution in [0, 0.1) is 0 Å². The van der Waals surface area contributed by atoms with Crippen LogP contribution in [0.1, 0.15) is 258 Å². The summed E-state index contributed by atoms with van der Waals surface area (Å²) in [5.74, 6) is -0.841. The van der Waals surface area contributed by atoms with E-state index >= 15 is 0 Å². The molecule has 9 nitrogen and oxygen atoms in total. The summed E-state index contributed by atoms with van der Waals surface area (Å²) in [6.45, 7) is 4.15. The number of rotatable bonds is 68. The van der Waals surface area contributed by atoms with Gasteiger partial charge in [-0.2, -0.15) is 0 Å². The fourth-order valence-corrected chi connectivity index (χ4v) is 10.3. The van der Waals surface area contributed by atoms with Gasteiger partial charge in [0.1, 0.15) is 19.8 Å². The lowest BCUT2D eigenvalue weighted by Crippen LogP contribution is -2.37. The Bertz CT molecular complexity index is 2600. The average molecular weight is 1400 g/mol. The minimum Gasteiger partial charge on any atom is -0.462 e. The van der Waals surface area contributed by atoms with E-state index in [2.05, 4.69) is 257 Å². The summed E-state index contributed by atoms with van der Waals surface area (Å²) in [7, 11) is 1.43. The predicted molar refractivity (Wildman–Crippen MR) is 435 cm³/mol. The van der Waals surface area contributed by atoms with Gasteiger partial charge in [-0.25, -0.2) is 4.57 Å². The molecule has 100 heavy (non-hydrogen) atoms. The zero-order valence-corrected chi connectivity index (χ0v) is 64.5. The highest BCUT2D eigenvalue weighted by Gasteiger charge is 2.27. The fourth-order valence-electron chi connectivity index (χ4n) is 9.54. The molecule has 0 amide bonds. The van der Waals surface area contributed by atoms with Crippen LogP contribution in [-0.4, -0.2) is 74.9 Å². The molecule has 0 spiro atoms. The van der Waals surface area contributed by atoms with E-state index in [4.69, 9.17) is 18.5 Å². The highest BCUT2D eigenvalue weighted by Crippen LogP contribution is 2.43. The summed E-state index contributed by atoms with van der Waals surface area (Å²) in [4.78, 5) is 36.0. The van der Waals surface area contributed by atoms with Crippen LogP contribution < -0.4 is 0 Å². The molecule has 0 heterocycles. The first kappa shape index (κ1) is 93.8. The van der Waals surface area contributed by atoms with Gasteiger partial charge in [-0.1, -0.05) is 321 Å². The summed E-state index contributed by atoms with van der Waals surface area (Å²) >= 11 is 0. The van der Waals surface area contributed by atoms with Crippen LogP contribution >= 0.6 is 7.82 Å².